The van der Waals surface area contributed by atoms with Gasteiger partial charge in [-0.05, 0) is 50.1 Å². The van der Waals surface area contributed by atoms with Gasteiger partial charge in [0.05, 0.1) is 17.4 Å². The highest BCUT2D eigenvalue weighted by Gasteiger charge is 2.28. The number of rotatable bonds is 6. The largest absolute Gasteiger partial charge is 0.308 e. The van der Waals surface area contributed by atoms with Gasteiger partial charge in [0.15, 0.2) is 0 Å². The van der Waals surface area contributed by atoms with Gasteiger partial charge >= 0.3 is 0 Å². The predicted octanol–water partition coefficient (Wildman–Crippen LogP) is 3.85. The standard InChI is InChI=1S/C17H31N3/c1-5-11-18-17(14-9-7-13(3)8-10-14)16-12-15(6-2)19-20(16)4/h12-14,17-18H,5-11H2,1-4H3. The van der Waals surface area contributed by atoms with Crippen LogP contribution in [-0.4, -0.2) is 16.3 Å². The van der Waals surface area contributed by atoms with Gasteiger partial charge in [-0.2, -0.15) is 5.10 Å². The summed E-state index contributed by atoms with van der Waals surface area (Å²) in [5, 5.41) is 8.43. The van der Waals surface area contributed by atoms with E-state index in [1.54, 1.807) is 0 Å². The van der Waals surface area contributed by atoms with Crippen LogP contribution in [0.15, 0.2) is 6.07 Å². The van der Waals surface area contributed by atoms with Crippen molar-refractivity contribution in [1.29, 1.82) is 0 Å². The number of nitrogens with one attached hydrogen (secondary N) is 1. The molecule has 0 amide bonds. The summed E-state index contributed by atoms with van der Waals surface area (Å²) in [6.45, 7) is 7.92. The quantitative estimate of drug-likeness (QED) is 0.856. The van der Waals surface area contributed by atoms with Gasteiger partial charge in [0.25, 0.3) is 0 Å². The van der Waals surface area contributed by atoms with Crippen molar-refractivity contribution in [1.82, 2.24) is 15.1 Å². The van der Waals surface area contributed by atoms with Crippen LogP contribution >= 0.6 is 0 Å². The number of aryl methyl sites for hydroxylation is 2. The molecule has 0 bridgehead atoms. The Balaban J connectivity index is 2.15. The van der Waals surface area contributed by atoms with Gasteiger partial charge in [-0.25, -0.2) is 0 Å². The second-order valence-corrected chi connectivity index (χ2v) is 6.49. The minimum absolute atomic E-state index is 0.486. The summed E-state index contributed by atoms with van der Waals surface area (Å²) in [7, 11) is 2.10. The van der Waals surface area contributed by atoms with Crippen molar-refractivity contribution < 1.29 is 0 Å². The molecule has 1 atom stereocenters. The van der Waals surface area contributed by atoms with E-state index in [2.05, 4.69) is 49.0 Å². The summed E-state index contributed by atoms with van der Waals surface area (Å²) in [5.41, 5.74) is 2.60. The lowest BCUT2D eigenvalue weighted by Crippen LogP contribution is -2.32. The highest BCUT2D eigenvalue weighted by atomic mass is 15.3. The van der Waals surface area contributed by atoms with Gasteiger partial charge in [-0.3, -0.25) is 4.68 Å². The molecule has 20 heavy (non-hydrogen) atoms. The van der Waals surface area contributed by atoms with Gasteiger partial charge in [0.2, 0.25) is 0 Å². The zero-order valence-electron chi connectivity index (χ0n) is 13.7. The Hall–Kier alpha value is -0.830. The van der Waals surface area contributed by atoms with E-state index < -0.39 is 0 Å². The molecule has 1 aliphatic carbocycles. The normalized spacial score (nSPS) is 24.8. The van der Waals surface area contributed by atoms with Crippen LogP contribution in [0.3, 0.4) is 0 Å². The second-order valence-electron chi connectivity index (χ2n) is 6.49. The average Bonchev–Trinajstić information content (AvgIpc) is 2.82. The van der Waals surface area contributed by atoms with Gasteiger partial charge in [-0.15, -0.1) is 0 Å². The van der Waals surface area contributed by atoms with Crippen molar-refractivity contribution in [2.75, 3.05) is 6.54 Å². The molecule has 1 aromatic heterocycles. The molecule has 1 unspecified atom stereocenters. The second kappa shape index (κ2) is 7.26. The first kappa shape index (κ1) is 15.6. The molecule has 3 heteroatoms. The smallest absolute Gasteiger partial charge is 0.0625 e. The third-order valence-corrected chi connectivity index (χ3v) is 4.79. The Morgan fingerprint density at radius 3 is 2.55 bits per heavy atom. The van der Waals surface area contributed by atoms with Crippen LogP contribution in [0.2, 0.25) is 0 Å². The summed E-state index contributed by atoms with van der Waals surface area (Å²) in [4.78, 5) is 0. The number of hydrogen-bond acceptors (Lipinski definition) is 2. The van der Waals surface area contributed by atoms with Crippen molar-refractivity contribution in [3.05, 3.63) is 17.5 Å². The molecule has 1 aliphatic rings. The van der Waals surface area contributed by atoms with E-state index in [9.17, 15) is 0 Å². The lowest BCUT2D eigenvalue weighted by molar-refractivity contribution is 0.225. The van der Waals surface area contributed by atoms with Gasteiger partial charge in [-0.1, -0.05) is 33.6 Å². The Bertz CT molecular complexity index is 402. The maximum absolute atomic E-state index is 4.64. The fourth-order valence-electron chi connectivity index (χ4n) is 3.44. The SMILES string of the molecule is CCCNC(c1cc(CC)nn1C)C1CCC(C)CC1. The lowest BCUT2D eigenvalue weighted by Gasteiger charge is -2.33. The molecular formula is C17H31N3. The molecule has 1 N–H and O–H groups in total. The average molecular weight is 277 g/mol. The van der Waals surface area contributed by atoms with Crippen LogP contribution in [0.1, 0.15) is 70.3 Å². The molecular weight excluding hydrogens is 246 g/mol. The zero-order valence-corrected chi connectivity index (χ0v) is 13.7. The first-order valence-electron chi connectivity index (χ1n) is 8.41. The molecule has 3 nitrogen and oxygen atoms in total. The van der Waals surface area contributed by atoms with E-state index in [0.29, 0.717) is 6.04 Å². The van der Waals surface area contributed by atoms with Crippen molar-refractivity contribution in [3.8, 4) is 0 Å². The van der Waals surface area contributed by atoms with Crippen LogP contribution in [-0.2, 0) is 13.5 Å². The molecule has 0 radical (unpaired) electrons. The van der Waals surface area contributed by atoms with Crippen molar-refractivity contribution in [2.45, 2.75) is 65.3 Å². The Labute approximate surface area is 124 Å². The van der Waals surface area contributed by atoms with Crippen LogP contribution in [0.4, 0.5) is 0 Å². The Kier molecular flexibility index (Phi) is 5.64. The van der Waals surface area contributed by atoms with Crippen molar-refractivity contribution >= 4 is 0 Å². The fraction of sp³-hybridized carbons (Fsp3) is 0.824. The van der Waals surface area contributed by atoms with Gasteiger partial charge in [0, 0.05) is 7.05 Å². The minimum atomic E-state index is 0.486. The summed E-state index contributed by atoms with van der Waals surface area (Å²) in [6.07, 6.45) is 7.69. The van der Waals surface area contributed by atoms with Crippen LogP contribution < -0.4 is 5.32 Å². The summed E-state index contributed by atoms with van der Waals surface area (Å²) in [5.74, 6) is 1.69. The molecule has 114 valence electrons. The van der Waals surface area contributed by atoms with E-state index in [4.69, 9.17) is 0 Å². The maximum atomic E-state index is 4.64. The van der Waals surface area contributed by atoms with E-state index in [1.165, 1.54) is 43.5 Å². The van der Waals surface area contributed by atoms with Crippen molar-refractivity contribution in [3.63, 3.8) is 0 Å². The molecule has 0 spiro atoms. The first-order chi connectivity index (χ1) is 9.65. The monoisotopic (exact) mass is 277 g/mol. The molecule has 1 fully saturated rings. The molecule has 0 saturated heterocycles. The van der Waals surface area contributed by atoms with Crippen molar-refractivity contribution in [2.24, 2.45) is 18.9 Å². The topological polar surface area (TPSA) is 29.9 Å². The Morgan fingerprint density at radius 2 is 2.00 bits per heavy atom. The number of aromatic nitrogens is 2. The highest BCUT2D eigenvalue weighted by Crippen LogP contribution is 2.36. The maximum Gasteiger partial charge on any atom is 0.0625 e. The molecule has 0 aliphatic heterocycles. The van der Waals surface area contributed by atoms with E-state index in [1.807, 2.05) is 0 Å². The molecule has 1 saturated carbocycles. The number of nitrogens with zero attached hydrogens (tertiary/aromatic N) is 2. The molecule has 0 aromatic carbocycles. The fourth-order valence-corrected chi connectivity index (χ4v) is 3.44. The molecule has 1 aromatic rings. The van der Waals surface area contributed by atoms with Gasteiger partial charge < -0.3 is 5.32 Å². The number of hydrogen-bond donors (Lipinski definition) is 1. The first-order valence-corrected chi connectivity index (χ1v) is 8.41. The summed E-state index contributed by atoms with van der Waals surface area (Å²) < 4.78 is 2.10. The van der Waals surface area contributed by atoms with Gasteiger partial charge in [0.1, 0.15) is 0 Å². The minimum Gasteiger partial charge on any atom is -0.308 e. The van der Waals surface area contributed by atoms with Crippen LogP contribution in [0, 0.1) is 11.8 Å². The molecule has 1 heterocycles. The third-order valence-electron chi connectivity index (χ3n) is 4.79. The summed E-state index contributed by atoms with van der Waals surface area (Å²) in [6, 6.07) is 2.80. The Morgan fingerprint density at radius 1 is 1.30 bits per heavy atom. The third kappa shape index (κ3) is 3.63. The lowest BCUT2D eigenvalue weighted by atomic mass is 9.78. The van der Waals surface area contributed by atoms with E-state index in [0.717, 1.165) is 24.8 Å². The molecule has 2 rings (SSSR count). The predicted molar refractivity (Wildman–Crippen MR) is 84.7 cm³/mol. The van der Waals surface area contributed by atoms with Crippen LogP contribution in [0.25, 0.3) is 0 Å². The van der Waals surface area contributed by atoms with Crippen LogP contribution in [0.5, 0.6) is 0 Å². The van der Waals surface area contributed by atoms with E-state index >= 15 is 0 Å². The zero-order chi connectivity index (χ0) is 14.5. The van der Waals surface area contributed by atoms with E-state index in [-0.39, 0.29) is 0 Å². The highest BCUT2D eigenvalue weighted by molar-refractivity contribution is 5.15. The summed E-state index contributed by atoms with van der Waals surface area (Å²) >= 11 is 0.